The molecule has 0 saturated heterocycles. The maximum Gasteiger partial charge on any atom is 0.123 e. The zero-order chi connectivity index (χ0) is 8.97. The Kier molecular flexibility index (Phi) is 2.94. The number of rotatable bonds is 2. The summed E-state index contributed by atoms with van der Waals surface area (Å²) in [5.41, 5.74) is 6.23. The molecule has 0 atom stereocenters. The van der Waals surface area contributed by atoms with Crippen molar-refractivity contribution in [2.75, 3.05) is 6.54 Å². The predicted molar refractivity (Wildman–Crippen MR) is 44.5 cm³/mol. The van der Waals surface area contributed by atoms with E-state index in [9.17, 15) is 8.78 Å². The van der Waals surface area contributed by atoms with Crippen molar-refractivity contribution in [2.24, 2.45) is 5.73 Å². The SMILES string of the molecule is NC/C(=C/F)c1ccc(F)cc1. The first-order chi connectivity index (χ1) is 5.77. The highest BCUT2D eigenvalue weighted by atomic mass is 19.1. The first kappa shape index (κ1) is 8.87. The average Bonchev–Trinajstić information content (AvgIpc) is 2.10. The highest BCUT2D eigenvalue weighted by Crippen LogP contribution is 2.13. The highest BCUT2D eigenvalue weighted by Gasteiger charge is 1.98. The predicted octanol–water partition coefficient (Wildman–Crippen LogP) is 2.09. The molecular formula is C9H9F2N. The van der Waals surface area contributed by atoms with Crippen molar-refractivity contribution in [1.29, 1.82) is 0 Å². The molecule has 0 heterocycles. The third-order valence-electron chi connectivity index (χ3n) is 1.57. The van der Waals surface area contributed by atoms with E-state index in [1.54, 1.807) is 0 Å². The Hall–Kier alpha value is -1.22. The van der Waals surface area contributed by atoms with Gasteiger partial charge >= 0.3 is 0 Å². The lowest BCUT2D eigenvalue weighted by Crippen LogP contribution is -2.01. The summed E-state index contributed by atoms with van der Waals surface area (Å²) in [4.78, 5) is 0. The van der Waals surface area contributed by atoms with E-state index in [2.05, 4.69) is 0 Å². The van der Waals surface area contributed by atoms with Gasteiger partial charge < -0.3 is 5.73 Å². The van der Waals surface area contributed by atoms with Crippen LogP contribution < -0.4 is 5.73 Å². The van der Waals surface area contributed by atoms with E-state index in [0.717, 1.165) is 0 Å². The number of nitrogens with two attached hydrogens (primary N) is 1. The van der Waals surface area contributed by atoms with Gasteiger partial charge in [-0.05, 0) is 17.7 Å². The van der Waals surface area contributed by atoms with Gasteiger partial charge in [-0.25, -0.2) is 8.78 Å². The molecule has 64 valence electrons. The van der Waals surface area contributed by atoms with Crippen molar-refractivity contribution in [1.82, 2.24) is 0 Å². The van der Waals surface area contributed by atoms with Crippen LogP contribution >= 0.6 is 0 Å². The van der Waals surface area contributed by atoms with Gasteiger partial charge in [0.2, 0.25) is 0 Å². The Morgan fingerprint density at radius 1 is 1.33 bits per heavy atom. The first-order valence-corrected chi connectivity index (χ1v) is 3.53. The van der Waals surface area contributed by atoms with Crippen molar-refractivity contribution < 1.29 is 8.78 Å². The fraction of sp³-hybridized carbons (Fsp3) is 0.111. The van der Waals surface area contributed by atoms with Crippen LogP contribution in [0.4, 0.5) is 8.78 Å². The summed E-state index contributed by atoms with van der Waals surface area (Å²) < 4.78 is 24.5. The number of benzene rings is 1. The van der Waals surface area contributed by atoms with Crippen LogP contribution in [0.5, 0.6) is 0 Å². The molecule has 0 saturated carbocycles. The lowest BCUT2D eigenvalue weighted by molar-refractivity contribution is 0.627. The molecule has 2 N–H and O–H groups in total. The van der Waals surface area contributed by atoms with Crippen LogP contribution in [0, 0.1) is 5.82 Å². The molecule has 0 fully saturated rings. The fourth-order valence-electron chi connectivity index (χ4n) is 0.889. The zero-order valence-corrected chi connectivity index (χ0v) is 6.43. The molecule has 0 bridgehead atoms. The molecule has 0 unspecified atom stereocenters. The molecule has 1 rings (SSSR count). The third kappa shape index (κ3) is 1.89. The van der Waals surface area contributed by atoms with Crippen molar-refractivity contribution in [2.45, 2.75) is 0 Å². The minimum absolute atomic E-state index is 0.113. The Balaban J connectivity index is 2.96. The van der Waals surface area contributed by atoms with E-state index >= 15 is 0 Å². The van der Waals surface area contributed by atoms with Crippen LogP contribution in [0.1, 0.15) is 5.56 Å². The number of hydrogen-bond donors (Lipinski definition) is 1. The van der Waals surface area contributed by atoms with Crippen LogP contribution in [0.3, 0.4) is 0 Å². The molecule has 0 aliphatic heterocycles. The first-order valence-electron chi connectivity index (χ1n) is 3.53. The average molecular weight is 169 g/mol. The van der Waals surface area contributed by atoms with Gasteiger partial charge in [0, 0.05) is 12.1 Å². The van der Waals surface area contributed by atoms with Crippen molar-refractivity contribution in [3.8, 4) is 0 Å². The molecular weight excluding hydrogens is 160 g/mol. The van der Waals surface area contributed by atoms with E-state index < -0.39 is 0 Å². The second-order valence-electron chi connectivity index (χ2n) is 2.35. The summed E-state index contributed by atoms with van der Waals surface area (Å²) >= 11 is 0. The molecule has 0 amide bonds. The zero-order valence-electron chi connectivity index (χ0n) is 6.43. The van der Waals surface area contributed by atoms with Crippen LogP contribution in [0.15, 0.2) is 30.6 Å². The molecule has 0 spiro atoms. The van der Waals surface area contributed by atoms with E-state index in [1.807, 2.05) is 0 Å². The molecule has 3 heteroatoms. The molecule has 1 aromatic carbocycles. The van der Waals surface area contributed by atoms with E-state index in [-0.39, 0.29) is 12.4 Å². The highest BCUT2D eigenvalue weighted by molar-refractivity contribution is 5.65. The summed E-state index contributed by atoms with van der Waals surface area (Å²) in [7, 11) is 0. The minimum Gasteiger partial charge on any atom is -0.326 e. The second kappa shape index (κ2) is 3.97. The van der Waals surface area contributed by atoms with Crippen molar-refractivity contribution >= 4 is 5.57 Å². The van der Waals surface area contributed by atoms with Crippen molar-refractivity contribution in [3.05, 3.63) is 42.0 Å². The molecule has 0 radical (unpaired) electrons. The van der Waals surface area contributed by atoms with Gasteiger partial charge in [-0.3, -0.25) is 0 Å². The lowest BCUT2D eigenvalue weighted by atomic mass is 10.1. The molecule has 1 aromatic rings. The summed E-state index contributed by atoms with van der Waals surface area (Å²) in [6.45, 7) is 0.113. The second-order valence-corrected chi connectivity index (χ2v) is 2.35. The third-order valence-corrected chi connectivity index (χ3v) is 1.57. The van der Waals surface area contributed by atoms with E-state index in [1.165, 1.54) is 24.3 Å². The number of halogens is 2. The number of hydrogen-bond acceptors (Lipinski definition) is 1. The molecule has 0 aromatic heterocycles. The topological polar surface area (TPSA) is 26.0 Å². The van der Waals surface area contributed by atoms with Crippen LogP contribution in [0.25, 0.3) is 5.57 Å². The van der Waals surface area contributed by atoms with Gasteiger partial charge in [0.1, 0.15) is 5.82 Å². The molecule has 0 aliphatic rings. The summed E-state index contributed by atoms with van der Waals surface area (Å²) in [5.74, 6) is -0.339. The Morgan fingerprint density at radius 2 is 1.92 bits per heavy atom. The Bertz CT molecular complexity index is 277. The largest absolute Gasteiger partial charge is 0.326 e. The van der Waals surface area contributed by atoms with Gasteiger partial charge in [-0.1, -0.05) is 12.1 Å². The van der Waals surface area contributed by atoms with E-state index in [4.69, 9.17) is 5.73 Å². The summed E-state index contributed by atoms with van der Waals surface area (Å²) in [6.07, 6.45) is 0.438. The molecule has 1 nitrogen and oxygen atoms in total. The van der Waals surface area contributed by atoms with Gasteiger partial charge in [0.25, 0.3) is 0 Å². The monoisotopic (exact) mass is 169 g/mol. The smallest absolute Gasteiger partial charge is 0.123 e. The maximum atomic E-state index is 12.4. The maximum absolute atomic E-state index is 12.4. The van der Waals surface area contributed by atoms with Gasteiger partial charge in [-0.2, -0.15) is 0 Å². The minimum atomic E-state index is -0.339. The fourth-order valence-corrected chi connectivity index (χ4v) is 0.889. The Labute approximate surface area is 69.5 Å². The normalized spacial score (nSPS) is 11.8. The van der Waals surface area contributed by atoms with Gasteiger partial charge in [0.05, 0.1) is 6.33 Å². The molecule has 0 aliphatic carbocycles. The Morgan fingerprint density at radius 3 is 2.33 bits per heavy atom. The summed E-state index contributed by atoms with van der Waals surface area (Å²) in [6, 6.07) is 5.53. The van der Waals surface area contributed by atoms with Crippen molar-refractivity contribution in [3.63, 3.8) is 0 Å². The summed E-state index contributed by atoms with van der Waals surface area (Å²) in [5, 5.41) is 0. The lowest BCUT2D eigenvalue weighted by Gasteiger charge is -2.01. The standard InChI is InChI=1S/C9H9F2N/c10-5-8(6-12)7-1-3-9(11)4-2-7/h1-5H,6,12H2/b8-5-. The van der Waals surface area contributed by atoms with Crippen LogP contribution in [-0.2, 0) is 0 Å². The molecule has 12 heavy (non-hydrogen) atoms. The van der Waals surface area contributed by atoms with Crippen LogP contribution in [0.2, 0.25) is 0 Å². The van der Waals surface area contributed by atoms with Gasteiger partial charge in [-0.15, -0.1) is 0 Å². The van der Waals surface area contributed by atoms with E-state index in [0.29, 0.717) is 17.5 Å². The van der Waals surface area contributed by atoms with Gasteiger partial charge in [0.15, 0.2) is 0 Å². The quantitative estimate of drug-likeness (QED) is 0.720. The van der Waals surface area contributed by atoms with Crippen LogP contribution in [-0.4, -0.2) is 6.54 Å².